The molecule has 1 amide bonds. The lowest BCUT2D eigenvalue weighted by atomic mass is 10.0. The van der Waals surface area contributed by atoms with Gasteiger partial charge >= 0.3 is 0 Å². The fourth-order valence-electron chi connectivity index (χ4n) is 3.14. The monoisotopic (exact) mass is 266 g/mol. The Morgan fingerprint density at radius 1 is 1.05 bits per heavy atom. The molecule has 0 aromatic carbocycles. The molecule has 0 spiro atoms. The summed E-state index contributed by atoms with van der Waals surface area (Å²) in [6.45, 7) is 6.77. The van der Waals surface area contributed by atoms with E-state index in [4.69, 9.17) is 0 Å². The predicted octanol–water partition coefficient (Wildman–Crippen LogP) is -0.365. The van der Waals surface area contributed by atoms with Crippen molar-refractivity contribution in [3.63, 3.8) is 0 Å². The fourth-order valence-corrected chi connectivity index (χ4v) is 3.14. The Balaban J connectivity index is 1.39. The zero-order chi connectivity index (χ0) is 13.1. The highest BCUT2D eigenvalue weighted by atomic mass is 16.2. The van der Waals surface area contributed by atoms with Crippen LogP contribution in [0, 0.1) is 0 Å². The van der Waals surface area contributed by atoms with Gasteiger partial charge in [-0.25, -0.2) is 0 Å². The van der Waals surface area contributed by atoms with Gasteiger partial charge in [0.1, 0.15) is 0 Å². The Hall–Kier alpha value is -0.650. The van der Waals surface area contributed by atoms with Crippen LogP contribution in [0.3, 0.4) is 0 Å². The fraction of sp³-hybridized carbons (Fsp3) is 0.929. The molecule has 3 aliphatic rings. The van der Waals surface area contributed by atoms with Gasteiger partial charge in [-0.15, -0.1) is 0 Å². The first-order valence-corrected chi connectivity index (χ1v) is 7.79. The van der Waals surface area contributed by atoms with Crippen molar-refractivity contribution < 1.29 is 4.79 Å². The van der Waals surface area contributed by atoms with Crippen molar-refractivity contribution in [1.82, 2.24) is 20.4 Å². The second kappa shape index (κ2) is 6.20. The summed E-state index contributed by atoms with van der Waals surface area (Å²) in [5, 5.41) is 6.73. The van der Waals surface area contributed by atoms with Crippen molar-refractivity contribution in [1.29, 1.82) is 0 Å². The van der Waals surface area contributed by atoms with Crippen molar-refractivity contribution in [2.24, 2.45) is 0 Å². The van der Waals surface area contributed by atoms with Crippen LogP contribution in [-0.2, 0) is 4.79 Å². The normalized spacial score (nSPS) is 26.6. The predicted molar refractivity (Wildman–Crippen MR) is 75.1 cm³/mol. The van der Waals surface area contributed by atoms with Gasteiger partial charge in [0.2, 0.25) is 5.91 Å². The number of carbonyl (C=O) groups is 1. The average molecular weight is 266 g/mol. The van der Waals surface area contributed by atoms with E-state index in [1.165, 1.54) is 25.7 Å². The molecule has 1 saturated carbocycles. The van der Waals surface area contributed by atoms with Crippen molar-refractivity contribution in [2.75, 3.05) is 45.8 Å². The molecule has 19 heavy (non-hydrogen) atoms. The maximum absolute atomic E-state index is 12.0. The molecule has 3 fully saturated rings. The lowest BCUT2D eigenvalue weighted by molar-refractivity contribution is -0.132. The maximum atomic E-state index is 12.0. The molecule has 1 aliphatic carbocycles. The van der Waals surface area contributed by atoms with Gasteiger partial charge in [0.05, 0.1) is 6.54 Å². The van der Waals surface area contributed by atoms with Crippen molar-refractivity contribution in [2.45, 2.75) is 37.8 Å². The minimum Gasteiger partial charge on any atom is -0.339 e. The third-order valence-electron chi connectivity index (χ3n) is 4.61. The topological polar surface area (TPSA) is 47.6 Å². The van der Waals surface area contributed by atoms with E-state index >= 15 is 0 Å². The first-order valence-electron chi connectivity index (χ1n) is 7.79. The Morgan fingerprint density at radius 3 is 2.37 bits per heavy atom. The first-order chi connectivity index (χ1) is 9.33. The van der Waals surface area contributed by atoms with Gasteiger partial charge in [-0.1, -0.05) is 0 Å². The van der Waals surface area contributed by atoms with Gasteiger partial charge in [-0.3, -0.25) is 9.69 Å². The number of amides is 1. The number of hydrogen-bond acceptors (Lipinski definition) is 4. The molecule has 2 heterocycles. The van der Waals surface area contributed by atoms with E-state index < -0.39 is 0 Å². The minimum atomic E-state index is 0.289. The number of nitrogens with zero attached hydrogens (tertiary/aromatic N) is 2. The Labute approximate surface area is 115 Å². The summed E-state index contributed by atoms with van der Waals surface area (Å²) in [5.74, 6) is 0.289. The van der Waals surface area contributed by atoms with E-state index in [1.54, 1.807) is 0 Å². The largest absolute Gasteiger partial charge is 0.339 e. The van der Waals surface area contributed by atoms with Gasteiger partial charge in [-0.2, -0.15) is 0 Å². The Morgan fingerprint density at radius 2 is 1.74 bits per heavy atom. The van der Waals surface area contributed by atoms with Crippen molar-refractivity contribution in [3.8, 4) is 0 Å². The quantitative estimate of drug-likeness (QED) is 0.729. The Kier molecular flexibility index (Phi) is 4.35. The molecular formula is C14H26N4O. The summed E-state index contributed by atoms with van der Waals surface area (Å²) in [6.07, 6.45) is 5.02. The molecular weight excluding hydrogens is 240 g/mol. The molecule has 2 N–H and O–H groups in total. The molecule has 5 nitrogen and oxygen atoms in total. The molecule has 0 aromatic rings. The standard InChI is InChI=1S/C14H26N4O/c19-14(11-16-12-1-2-12)18-9-7-17(8-10-18)13-3-5-15-6-4-13/h12-13,15-16H,1-11H2. The van der Waals surface area contributed by atoms with Crippen LogP contribution in [0.15, 0.2) is 0 Å². The van der Waals surface area contributed by atoms with Crippen LogP contribution in [0.1, 0.15) is 25.7 Å². The number of piperidine rings is 1. The van der Waals surface area contributed by atoms with Crippen LogP contribution in [0.4, 0.5) is 0 Å². The molecule has 5 heteroatoms. The van der Waals surface area contributed by atoms with Gasteiger partial charge in [0, 0.05) is 38.3 Å². The maximum Gasteiger partial charge on any atom is 0.236 e. The molecule has 2 aliphatic heterocycles. The third-order valence-corrected chi connectivity index (χ3v) is 4.61. The Bertz CT molecular complexity index is 305. The van der Waals surface area contributed by atoms with Crippen molar-refractivity contribution in [3.05, 3.63) is 0 Å². The molecule has 0 aromatic heterocycles. The minimum absolute atomic E-state index is 0.289. The van der Waals surface area contributed by atoms with E-state index in [0.717, 1.165) is 45.3 Å². The summed E-state index contributed by atoms with van der Waals surface area (Å²) in [5.41, 5.74) is 0. The van der Waals surface area contributed by atoms with Gasteiger partial charge in [0.15, 0.2) is 0 Å². The lowest BCUT2D eigenvalue weighted by Crippen LogP contribution is -2.55. The van der Waals surface area contributed by atoms with Crippen LogP contribution < -0.4 is 10.6 Å². The second-order valence-corrected chi connectivity index (χ2v) is 6.05. The molecule has 108 valence electrons. The summed E-state index contributed by atoms with van der Waals surface area (Å²) >= 11 is 0. The van der Waals surface area contributed by atoms with Crippen LogP contribution in [0.25, 0.3) is 0 Å². The summed E-state index contributed by atoms with van der Waals surface area (Å²) in [6, 6.07) is 1.36. The summed E-state index contributed by atoms with van der Waals surface area (Å²) < 4.78 is 0. The van der Waals surface area contributed by atoms with Gasteiger partial charge in [0.25, 0.3) is 0 Å². The number of hydrogen-bond donors (Lipinski definition) is 2. The van der Waals surface area contributed by atoms with E-state index in [2.05, 4.69) is 15.5 Å². The van der Waals surface area contributed by atoms with E-state index in [-0.39, 0.29) is 5.91 Å². The van der Waals surface area contributed by atoms with E-state index in [9.17, 15) is 4.79 Å². The van der Waals surface area contributed by atoms with Crippen molar-refractivity contribution >= 4 is 5.91 Å². The number of nitrogens with one attached hydrogen (secondary N) is 2. The smallest absolute Gasteiger partial charge is 0.236 e. The molecule has 0 atom stereocenters. The average Bonchev–Trinajstić information content (AvgIpc) is 3.30. The summed E-state index contributed by atoms with van der Waals surface area (Å²) in [4.78, 5) is 16.7. The van der Waals surface area contributed by atoms with Gasteiger partial charge in [-0.05, 0) is 38.8 Å². The summed E-state index contributed by atoms with van der Waals surface area (Å²) in [7, 11) is 0. The lowest BCUT2D eigenvalue weighted by Gasteiger charge is -2.40. The van der Waals surface area contributed by atoms with E-state index in [1.807, 2.05) is 4.90 Å². The van der Waals surface area contributed by atoms with Crippen LogP contribution in [0.5, 0.6) is 0 Å². The van der Waals surface area contributed by atoms with Crippen LogP contribution in [-0.4, -0.2) is 73.6 Å². The highest BCUT2D eigenvalue weighted by Gasteiger charge is 2.28. The van der Waals surface area contributed by atoms with Crippen LogP contribution in [0.2, 0.25) is 0 Å². The first kappa shape index (κ1) is 13.3. The highest BCUT2D eigenvalue weighted by molar-refractivity contribution is 5.78. The third kappa shape index (κ3) is 3.68. The highest BCUT2D eigenvalue weighted by Crippen LogP contribution is 2.18. The number of piperazine rings is 1. The number of carbonyl (C=O) groups excluding carboxylic acids is 1. The van der Waals surface area contributed by atoms with E-state index in [0.29, 0.717) is 12.6 Å². The second-order valence-electron chi connectivity index (χ2n) is 6.05. The SMILES string of the molecule is O=C(CNC1CC1)N1CCN(C2CCNCC2)CC1. The van der Waals surface area contributed by atoms with Crippen LogP contribution >= 0.6 is 0 Å². The molecule has 0 unspecified atom stereocenters. The molecule has 2 saturated heterocycles. The molecule has 0 radical (unpaired) electrons. The zero-order valence-electron chi connectivity index (χ0n) is 11.7. The zero-order valence-corrected chi connectivity index (χ0v) is 11.7. The molecule has 3 rings (SSSR count). The molecule has 0 bridgehead atoms. The number of rotatable bonds is 4. The van der Waals surface area contributed by atoms with Gasteiger partial charge < -0.3 is 15.5 Å².